The quantitative estimate of drug-likeness (QED) is 0.780. The maximum Gasteiger partial charge on any atom is 0.222 e. The number of methoxy groups -OCH3 is 2. The van der Waals surface area contributed by atoms with Crippen molar-refractivity contribution < 1.29 is 18.7 Å². The van der Waals surface area contributed by atoms with Gasteiger partial charge in [-0.25, -0.2) is 4.39 Å². The Morgan fingerprint density at radius 2 is 1.88 bits per heavy atom. The molecule has 24 heavy (non-hydrogen) atoms. The van der Waals surface area contributed by atoms with E-state index in [9.17, 15) is 9.18 Å². The van der Waals surface area contributed by atoms with Crippen LogP contribution >= 0.6 is 0 Å². The first-order chi connectivity index (χ1) is 11.5. The number of rotatable bonds is 7. The molecule has 0 bridgehead atoms. The molecular formula is C19H22FNO3. The Hall–Kier alpha value is -2.56. The van der Waals surface area contributed by atoms with Gasteiger partial charge in [0.25, 0.3) is 0 Å². The van der Waals surface area contributed by atoms with E-state index >= 15 is 0 Å². The molecule has 0 aliphatic carbocycles. The zero-order valence-electron chi connectivity index (χ0n) is 14.2. The summed E-state index contributed by atoms with van der Waals surface area (Å²) in [6, 6.07) is 12.4. The highest BCUT2D eigenvalue weighted by molar-refractivity contribution is 5.76. The van der Waals surface area contributed by atoms with Crippen LogP contribution in [0.5, 0.6) is 11.5 Å². The van der Waals surface area contributed by atoms with Gasteiger partial charge in [-0.05, 0) is 41.8 Å². The van der Waals surface area contributed by atoms with Gasteiger partial charge in [0.1, 0.15) is 5.75 Å². The lowest BCUT2D eigenvalue weighted by Gasteiger charge is -2.18. The van der Waals surface area contributed by atoms with E-state index in [0.717, 1.165) is 16.9 Å². The first kappa shape index (κ1) is 17.8. The second-order valence-corrected chi connectivity index (χ2v) is 5.57. The highest BCUT2D eigenvalue weighted by Crippen LogP contribution is 2.19. The molecule has 0 unspecified atom stereocenters. The van der Waals surface area contributed by atoms with E-state index in [-0.39, 0.29) is 11.7 Å². The van der Waals surface area contributed by atoms with Crippen LogP contribution in [-0.4, -0.2) is 32.1 Å². The molecule has 1 amide bonds. The third-order valence-corrected chi connectivity index (χ3v) is 3.82. The smallest absolute Gasteiger partial charge is 0.222 e. The third-order valence-electron chi connectivity index (χ3n) is 3.82. The van der Waals surface area contributed by atoms with Gasteiger partial charge in [0, 0.05) is 20.0 Å². The number of halogens is 1. The van der Waals surface area contributed by atoms with E-state index in [1.807, 2.05) is 24.3 Å². The molecule has 2 rings (SSSR count). The summed E-state index contributed by atoms with van der Waals surface area (Å²) in [4.78, 5) is 13.9. The number of carbonyl (C=O) groups excluding carboxylic acids is 1. The second-order valence-electron chi connectivity index (χ2n) is 5.57. The van der Waals surface area contributed by atoms with Crippen LogP contribution in [0.2, 0.25) is 0 Å². The molecule has 128 valence electrons. The van der Waals surface area contributed by atoms with Gasteiger partial charge in [0.15, 0.2) is 11.6 Å². The van der Waals surface area contributed by atoms with Crippen LogP contribution in [0.15, 0.2) is 42.5 Å². The first-order valence-electron chi connectivity index (χ1n) is 7.72. The maximum absolute atomic E-state index is 13.7. The van der Waals surface area contributed by atoms with E-state index in [1.165, 1.54) is 13.2 Å². The van der Waals surface area contributed by atoms with Gasteiger partial charge in [-0.2, -0.15) is 0 Å². The van der Waals surface area contributed by atoms with Crippen LogP contribution in [-0.2, 0) is 17.8 Å². The summed E-state index contributed by atoms with van der Waals surface area (Å²) in [6.07, 6.45) is 1.03. The molecule has 0 aliphatic rings. The maximum atomic E-state index is 13.7. The summed E-state index contributed by atoms with van der Waals surface area (Å²) in [6.45, 7) is 0.359. The molecule has 2 aromatic carbocycles. The Morgan fingerprint density at radius 3 is 2.54 bits per heavy atom. The minimum Gasteiger partial charge on any atom is -0.497 e. The van der Waals surface area contributed by atoms with Crippen LogP contribution in [0, 0.1) is 5.82 Å². The predicted molar refractivity (Wildman–Crippen MR) is 90.7 cm³/mol. The Balaban J connectivity index is 1.91. The van der Waals surface area contributed by atoms with Crippen molar-refractivity contribution >= 4 is 5.91 Å². The SMILES string of the molecule is COc1cccc(CCC(=O)N(C)Cc2ccc(OC)c(F)c2)c1. The number of hydrogen-bond acceptors (Lipinski definition) is 3. The molecule has 0 heterocycles. The van der Waals surface area contributed by atoms with Crippen LogP contribution < -0.4 is 9.47 Å². The Kier molecular flexibility index (Phi) is 6.18. The Labute approximate surface area is 141 Å². The topological polar surface area (TPSA) is 38.8 Å². The standard InChI is InChI=1S/C19H22FNO3/c1-21(13-15-7-9-18(24-3)17(20)12-15)19(22)10-8-14-5-4-6-16(11-14)23-2/h4-7,9,11-12H,8,10,13H2,1-3H3. The molecule has 2 aromatic rings. The number of nitrogens with zero attached hydrogens (tertiary/aromatic N) is 1. The van der Waals surface area contributed by atoms with Crippen LogP contribution in [0.1, 0.15) is 17.5 Å². The van der Waals surface area contributed by atoms with Crippen molar-refractivity contribution in [2.24, 2.45) is 0 Å². The predicted octanol–water partition coefficient (Wildman–Crippen LogP) is 3.43. The first-order valence-corrected chi connectivity index (χ1v) is 7.72. The molecule has 0 radical (unpaired) electrons. The van der Waals surface area contributed by atoms with E-state index in [2.05, 4.69) is 0 Å². The summed E-state index contributed by atoms with van der Waals surface area (Å²) in [5.41, 5.74) is 1.78. The minimum absolute atomic E-state index is 0.00838. The monoisotopic (exact) mass is 331 g/mol. The molecule has 5 heteroatoms. The van der Waals surface area contributed by atoms with Crippen molar-refractivity contribution in [2.75, 3.05) is 21.3 Å². The van der Waals surface area contributed by atoms with Crippen molar-refractivity contribution in [3.05, 3.63) is 59.4 Å². The summed E-state index contributed by atoms with van der Waals surface area (Å²) < 4.78 is 23.8. The number of carbonyl (C=O) groups is 1. The fraction of sp³-hybridized carbons (Fsp3) is 0.316. The molecular weight excluding hydrogens is 309 g/mol. The molecule has 0 N–H and O–H groups in total. The summed E-state index contributed by atoms with van der Waals surface area (Å²) >= 11 is 0. The van der Waals surface area contributed by atoms with E-state index in [0.29, 0.717) is 19.4 Å². The zero-order chi connectivity index (χ0) is 17.5. The van der Waals surface area contributed by atoms with Gasteiger partial charge in [-0.1, -0.05) is 18.2 Å². The van der Waals surface area contributed by atoms with Gasteiger partial charge in [0.05, 0.1) is 14.2 Å². The van der Waals surface area contributed by atoms with E-state index in [4.69, 9.17) is 9.47 Å². The highest BCUT2D eigenvalue weighted by Gasteiger charge is 2.11. The largest absolute Gasteiger partial charge is 0.497 e. The number of amides is 1. The molecule has 0 spiro atoms. The summed E-state index contributed by atoms with van der Waals surface area (Å²) in [5.74, 6) is 0.564. The van der Waals surface area contributed by atoms with E-state index < -0.39 is 5.82 Å². The van der Waals surface area contributed by atoms with Gasteiger partial charge >= 0.3 is 0 Å². The van der Waals surface area contributed by atoms with Crippen LogP contribution in [0.4, 0.5) is 4.39 Å². The van der Waals surface area contributed by atoms with Crippen molar-refractivity contribution in [2.45, 2.75) is 19.4 Å². The Morgan fingerprint density at radius 1 is 1.08 bits per heavy atom. The fourth-order valence-electron chi connectivity index (χ4n) is 2.44. The number of aryl methyl sites for hydroxylation is 1. The molecule has 0 aromatic heterocycles. The van der Waals surface area contributed by atoms with Gasteiger partial charge in [-0.15, -0.1) is 0 Å². The molecule has 4 nitrogen and oxygen atoms in total. The van der Waals surface area contributed by atoms with Crippen molar-refractivity contribution in [1.29, 1.82) is 0 Å². The minimum atomic E-state index is -0.424. The molecule has 0 fully saturated rings. The lowest BCUT2D eigenvalue weighted by Crippen LogP contribution is -2.26. The van der Waals surface area contributed by atoms with Crippen LogP contribution in [0.3, 0.4) is 0 Å². The lowest BCUT2D eigenvalue weighted by atomic mass is 10.1. The average molecular weight is 331 g/mol. The van der Waals surface area contributed by atoms with Crippen LogP contribution in [0.25, 0.3) is 0 Å². The normalized spacial score (nSPS) is 10.3. The Bertz CT molecular complexity index is 703. The van der Waals surface area contributed by atoms with Crippen molar-refractivity contribution in [3.8, 4) is 11.5 Å². The second kappa shape index (κ2) is 8.34. The molecule has 0 saturated heterocycles. The summed E-state index contributed by atoms with van der Waals surface area (Å²) in [5, 5.41) is 0. The molecule has 0 aliphatic heterocycles. The van der Waals surface area contributed by atoms with Gasteiger partial charge < -0.3 is 14.4 Å². The zero-order valence-corrected chi connectivity index (χ0v) is 14.2. The number of ether oxygens (including phenoxy) is 2. The number of benzene rings is 2. The van der Waals surface area contributed by atoms with Crippen molar-refractivity contribution in [3.63, 3.8) is 0 Å². The average Bonchev–Trinajstić information content (AvgIpc) is 2.60. The lowest BCUT2D eigenvalue weighted by molar-refractivity contribution is -0.130. The number of hydrogen-bond donors (Lipinski definition) is 0. The summed E-state index contributed by atoms with van der Waals surface area (Å²) in [7, 11) is 4.76. The molecule has 0 atom stereocenters. The van der Waals surface area contributed by atoms with Gasteiger partial charge in [-0.3, -0.25) is 4.79 Å². The third kappa shape index (κ3) is 4.72. The van der Waals surface area contributed by atoms with E-state index in [1.54, 1.807) is 31.2 Å². The highest BCUT2D eigenvalue weighted by atomic mass is 19.1. The van der Waals surface area contributed by atoms with Crippen molar-refractivity contribution in [1.82, 2.24) is 4.90 Å². The molecule has 0 saturated carbocycles. The van der Waals surface area contributed by atoms with Gasteiger partial charge in [0.2, 0.25) is 5.91 Å². The fourth-order valence-corrected chi connectivity index (χ4v) is 2.44.